The quantitative estimate of drug-likeness (QED) is 0.705. The van der Waals surface area contributed by atoms with E-state index in [0.717, 1.165) is 10.4 Å². The lowest BCUT2D eigenvalue weighted by atomic mass is 10.2. The maximum absolute atomic E-state index is 11.0. The van der Waals surface area contributed by atoms with E-state index in [1.165, 1.54) is 18.4 Å². The third-order valence-electron chi connectivity index (χ3n) is 1.51. The predicted molar refractivity (Wildman–Crippen MR) is 48.0 cm³/mol. The number of thiophene rings is 1. The van der Waals surface area contributed by atoms with E-state index >= 15 is 0 Å². The number of esters is 1. The lowest BCUT2D eigenvalue weighted by Gasteiger charge is -2.05. The summed E-state index contributed by atoms with van der Waals surface area (Å²) in [4.78, 5) is 11.8. The molecule has 2 N–H and O–H groups in total. The molecule has 1 aromatic heterocycles. The maximum atomic E-state index is 11.0. The summed E-state index contributed by atoms with van der Waals surface area (Å²) in [5.74, 6) is -0.392. The average Bonchev–Trinajstić information content (AvgIpc) is 2.49. The molecule has 0 saturated heterocycles. The molecule has 0 spiro atoms. The lowest BCUT2D eigenvalue weighted by molar-refractivity contribution is -0.142. The van der Waals surface area contributed by atoms with Crippen molar-refractivity contribution >= 4 is 17.3 Å². The molecule has 1 aromatic rings. The summed E-state index contributed by atoms with van der Waals surface area (Å²) in [6.07, 6.45) is 0. The van der Waals surface area contributed by atoms with Crippen molar-refractivity contribution in [1.29, 1.82) is 0 Å². The summed E-state index contributed by atoms with van der Waals surface area (Å²) in [5.41, 5.74) is 6.72. The Hall–Kier alpha value is -0.870. The largest absolute Gasteiger partial charge is 0.468 e. The van der Waals surface area contributed by atoms with Crippen LogP contribution in [0.2, 0.25) is 0 Å². The zero-order valence-electron chi connectivity index (χ0n) is 7.03. The van der Waals surface area contributed by atoms with Crippen molar-refractivity contribution in [2.75, 3.05) is 7.11 Å². The van der Waals surface area contributed by atoms with Gasteiger partial charge in [0, 0.05) is 4.88 Å². The smallest absolute Gasteiger partial charge is 0.328 e. The highest BCUT2D eigenvalue weighted by atomic mass is 32.1. The third kappa shape index (κ3) is 1.84. The monoisotopic (exact) mass is 185 g/mol. The number of aryl methyl sites for hydroxylation is 1. The van der Waals surface area contributed by atoms with Crippen LogP contribution in [0.5, 0.6) is 0 Å². The van der Waals surface area contributed by atoms with Gasteiger partial charge < -0.3 is 10.5 Å². The van der Waals surface area contributed by atoms with Crippen LogP contribution >= 0.6 is 11.3 Å². The zero-order chi connectivity index (χ0) is 9.14. The molecule has 0 aliphatic rings. The van der Waals surface area contributed by atoms with Crippen LogP contribution < -0.4 is 5.73 Å². The van der Waals surface area contributed by atoms with Crippen LogP contribution in [-0.2, 0) is 9.53 Å². The average molecular weight is 185 g/mol. The van der Waals surface area contributed by atoms with Crippen LogP contribution in [0.25, 0.3) is 0 Å². The summed E-state index contributed by atoms with van der Waals surface area (Å²) in [5, 5.41) is 1.96. The van der Waals surface area contributed by atoms with Gasteiger partial charge in [0.2, 0.25) is 0 Å². The van der Waals surface area contributed by atoms with Gasteiger partial charge in [-0.2, -0.15) is 0 Å². The van der Waals surface area contributed by atoms with E-state index in [-0.39, 0.29) is 0 Å². The first kappa shape index (κ1) is 9.22. The molecule has 0 aliphatic carbocycles. The van der Waals surface area contributed by atoms with Gasteiger partial charge in [0.15, 0.2) is 0 Å². The highest BCUT2D eigenvalue weighted by Gasteiger charge is 2.17. The fraction of sp³-hybridized carbons (Fsp3) is 0.375. The number of hydrogen-bond donors (Lipinski definition) is 1. The molecule has 0 aliphatic heterocycles. The van der Waals surface area contributed by atoms with Gasteiger partial charge >= 0.3 is 5.97 Å². The molecule has 1 heterocycles. The Balaban J connectivity index is 2.77. The molecule has 1 atom stereocenters. The summed E-state index contributed by atoms with van der Waals surface area (Å²) in [6.45, 7) is 1.96. The lowest BCUT2D eigenvalue weighted by Crippen LogP contribution is -2.21. The number of nitrogens with two attached hydrogens (primary N) is 1. The minimum atomic E-state index is -0.631. The molecule has 0 amide bonds. The Morgan fingerprint density at radius 2 is 2.42 bits per heavy atom. The van der Waals surface area contributed by atoms with Crippen molar-refractivity contribution in [3.8, 4) is 0 Å². The van der Waals surface area contributed by atoms with Crippen molar-refractivity contribution < 1.29 is 9.53 Å². The first-order valence-corrected chi connectivity index (χ1v) is 4.41. The van der Waals surface area contributed by atoms with E-state index in [0.29, 0.717) is 0 Å². The van der Waals surface area contributed by atoms with Crippen LogP contribution in [0.3, 0.4) is 0 Å². The molecule has 1 rings (SSSR count). The van der Waals surface area contributed by atoms with Gasteiger partial charge in [-0.3, -0.25) is 0 Å². The van der Waals surface area contributed by atoms with Crippen LogP contribution in [0.4, 0.5) is 0 Å². The van der Waals surface area contributed by atoms with Crippen LogP contribution in [-0.4, -0.2) is 13.1 Å². The van der Waals surface area contributed by atoms with Crippen LogP contribution in [0, 0.1) is 6.92 Å². The Morgan fingerprint density at radius 1 is 1.75 bits per heavy atom. The van der Waals surface area contributed by atoms with Crippen molar-refractivity contribution in [3.05, 3.63) is 21.9 Å². The molecule has 0 saturated carbocycles. The normalized spacial score (nSPS) is 12.6. The highest BCUT2D eigenvalue weighted by molar-refractivity contribution is 7.10. The van der Waals surface area contributed by atoms with E-state index < -0.39 is 12.0 Å². The van der Waals surface area contributed by atoms with Crippen molar-refractivity contribution in [3.63, 3.8) is 0 Å². The van der Waals surface area contributed by atoms with Crippen LogP contribution in [0.1, 0.15) is 16.5 Å². The van der Waals surface area contributed by atoms with Gasteiger partial charge in [-0.05, 0) is 23.9 Å². The minimum Gasteiger partial charge on any atom is -0.468 e. The predicted octanol–water partition coefficient (Wildman–Crippen LogP) is 1.23. The van der Waals surface area contributed by atoms with E-state index in [1.54, 1.807) is 0 Å². The molecule has 1 unspecified atom stereocenters. The number of rotatable bonds is 2. The molecule has 12 heavy (non-hydrogen) atoms. The van der Waals surface area contributed by atoms with Gasteiger partial charge in [0.25, 0.3) is 0 Å². The second kappa shape index (κ2) is 3.69. The summed E-state index contributed by atoms with van der Waals surface area (Å²) >= 11 is 1.48. The molecular formula is C8H11NO2S. The Bertz CT molecular complexity index is 282. The molecule has 66 valence electrons. The molecule has 0 aromatic carbocycles. The van der Waals surface area contributed by atoms with E-state index in [9.17, 15) is 4.79 Å². The maximum Gasteiger partial charge on any atom is 0.328 e. The second-order valence-electron chi connectivity index (χ2n) is 2.53. The molecule has 0 radical (unpaired) electrons. The molecule has 4 heteroatoms. The summed E-state index contributed by atoms with van der Waals surface area (Å²) in [6, 6.07) is 1.26. The van der Waals surface area contributed by atoms with Crippen molar-refractivity contribution in [2.24, 2.45) is 5.73 Å². The minimum absolute atomic E-state index is 0.392. The SMILES string of the molecule is COC(=O)C(N)c1cc(C)cs1. The van der Waals surface area contributed by atoms with E-state index in [1.807, 2.05) is 18.4 Å². The Labute approximate surface area is 75.1 Å². The fourth-order valence-electron chi connectivity index (χ4n) is 0.860. The first-order chi connectivity index (χ1) is 5.65. The number of methoxy groups -OCH3 is 1. The number of hydrogen-bond acceptors (Lipinski definition) is 4. The second-order valence-corrected chi connectivity index (χ2v) is 3.47. The van der Waals surface area contributed by atoms with E-state index in [2.05, 4.69) is 4.74 Å². The van der Waals surface area contributed by atoms with Crippen molar-refractivity contribution in [1.82, 2.24) is 0 Å². The van der Waals surface area contributed by atoms with Gasteiger partial charge in [-0.1, -0.05) is 0 Å². The Morgan fingerprint density at radius 3 is 2.83 bits per heavy atom. The zero-order valence-corrected chi connectivity index (χ0v) is 7.85. The number of ether oxygens (including phenoxy) is 1. The topological polar surface area (TPSA) is 52.3 Å². The molecular weight excluding hydrogens is 174 g/mol. The molecule has 0 fully saturated rings. The van der Waals surface area contributed by atoms with Gasteiger partial charge in [0.1, 0.15) is 6.04 Å². The third-order valence-corrected chi connectivity index (χ3v) is 2.65. The highest BCUT2D eigenvalue weighted by Crippen LogP contribution is 2.20. The number of carbonyl (C=O) groups excluding carboxylic acids is 1. The summed E-state index contributed by atoms with van der Waals surface area (Å²) < 4.78 is 4.52. The fourth-order valence-corrected chi connectivity index (χ4v) is 1.75. The van der Waals surface area contributed by atoms with Gasteiger partial charge in [0.05, 0.1) is 7.11 Å². The standard InChI is InChI=1S/C8H11NO2S/c1-5-3-6(12-4-5)7(9)8(10)11-2/h3-4,7H,9H2,1-2H3. The molecule has 3 nitrogen and oxygen atoms in total. The Kier molecular flexibility index (Phi) is 2.83. The van der Waals surface area contributed by atoms with Gasteiger partial charge in [-0.15, -0.1) is 11.3 Å². The van der Waals surface area contributed by atoms with Gasteiger partial charge in [-0.25, -0.2) is 4.79 Å². The van der Waals surface area contributed by atoms with Crippen LogP contribution in [0.15, 0.2) is 11.4 Å². The first-order valence-electron chi connectivity index (χ1n) is 3.53. The summed E-state index contributed by atoms with van der Waals surface area (Å²) in [7, 11) is 1.34. The van der Waals surface area contributed by atoms with E-state index in [4.69, 9.17) is 5.73 Å². The number of carbonyl (C=O) groups is 1. The molecule has 0 bridgehead atoms. The van der Waals surface area contributed by atoms with Crippen molar-refractivity contribution in [2.45, 2.75) is 13.0 Å².